The standard InChI is InChI=1S/C13H20N2O/c1-11(15-9-3-2-4-10-15)13(16)12-5-7-14-8-6-12/h5-8,11,13,16H,2-4,9-10H2,1H3/t11-,13+/m0/s1. The molecule has 88 valence electrons. The van der Waals surface area contributed by atoms with Crippen molar-refractivity contribution in [2.75, 3.05) is 13.1 Å². The van der Waals surface area contributed by atoms with Crippen molar-refractivity contribution >= 4 is 0 Å². The van der Waals surface area contributed by atoms with Gasteiger partial charge in [0.25, 0.3) is 0 Å². The van der Waals surface area contributed by atoms with Crippen molar-refractivity contribution in [3.8, 4) is 0 Å². The normalized spacial score (nSPS) is 21.6. The van der Waals surface area contributed by atoms with E-state index in [9.17, 15) is 5.11 Å². The maximum Gasteiger partial charge on any atom is 0.0943 e. The van der Waals surface area contributed by atoms with E-state index in [2.05, 4.69) is 16.8 Å². The molecule has 3 heteroatoms. The predicted molar refractivity (Wildman–Crippen MR) is 64.1 cm³/mol. The van der Waals surface area contributed by atoms with Crippen molar-refractivity contribution in [2.24, 2.45) is 0 Å². The molecule has 1 aromatic rings. The Labute approximate surface area is 97.1 Å². The highest BCUT2D eigenvalue weighted by molar-refractivity contribution is 5.14. The smallest absolute Gasteiger partial charge is 0.0943 e. The van der Waals surface area contributed by atoms with Crippen LogP contribution in [0.4, 0.5) is 0 Å². The molecule has 1 aliphatic rings. The third kappa shape index (κ3) is 2.60. The zero-order chi connectivity index (χ0) is 11.4. The lowest BCUT2D eigenvalue weighted by molar-refractivity contribution is 0.0470. The molecule has 0 bridgehead atoms. The number of pyridine rings is 1. The van der Waals surface area contributed by atoms with Crippen molar-refractivity contribution in [1.29, 1.82) is 0 Å². The number of hydrogen-bond donors (Lipinski definition) is 1. The Bertz CT molecular complexity index is 309. The highest BCUT2D eigenvalue weighted by atomic mass is 16.3. The summed E-state index contributed by atoms with van der Waals surface area (Å²) >= 11 is 0. The Hall–Kier alpha value is -0.930. The van der Waals surface area contributed by atoms with Crippen molar-refractivity contribution in [1.82, 2.24) is 9.88 Å². The fraction of sp³-hybridized carbons (Fsp3) is 0.615. The van der Waals surface area contributed by atoms with E-state index in [1.54, 1.807) is 12.4 Å². The monoisotopic (exact) mass is 220 g/mol. The Morgan fingerprint density at radius 1 is 1.19 bits per heavy atom. The molecule has 2 heterocycles. The van der Waals surface area contributed by atoms with Gasteiger partial charge < -0.3 is 5.11 Å². The van der Waals surface area contributed by atoms with E-state index in [0.717, 1.165) is 18.7 Å². The minimum absolute atomic E-state index is 0.197. The second kappa shape index (κ2) is 5.41. The number of aliphatic hydroxyl groups excluding tert-OH is 1. The molecular formula is C13H20N2O. The summed E-state index contributed by atoms with van der Waals surface area (Å²) < 4.78 is 0. The van der Waals surface area contributed by atoms with Gasteiger partial charge in [0.2, 0.25) is 0 Å². The van der Waals surface area contributed by atoms with E-state index in [1.165, 1.54) is 19.3 Å². The van der Waals surface area contributed by atoms with Gasteiger partial charge in [-0.1, -0.05) is 6.42 Å². The molecule has 0 amide bonds. The van der Waals surface area contributed by atoms with Gasteiger partial charge in [0.1, 0.15) is 0 Å². The highest BCUT2D eigenvalue weighted by Gasteiger charge is 2.23. The molecule has 0 radical (unpaired) electrons. The Balaban J connectivity index is 2.00. The van der Waals surface area contributed by atoms with Gasteiger partial charge >= 0.3 is 0 Å². The van der Waals surface area contributed by atoms with Crippen LogP contribution in [0, 0.1) is 0 Å². The van der Waals surface area contributed by atoms with Crippen molar-refractivity contribution in [2.45, 2.75) is 38.3 Å². The molecule has 2 atom stereocenters. The fourth-order valence-corrected chi connectivity index (χ4v) is 2.36. The van der Waals surface area contributed by atoms with Gasteiger partial charge in [-0.2, -0.15) is 0 Å². The third-order valence-electron chi connectivity index (χ3n) is 3.47. The van der Waals surface area contributed by atoms with Crippen LogP contribution in [0.15, 0.2) is 24.5 Å². The van der Waals surface area contributed by atoms with Crippen molar-refractivity contribution in [3.05, 3.63) is 30.1 Å². The van der Waals surface area contributed by atoms with Crippen LogP contribution in [-0.4, -0.2) is 34.1 Å². The van der Waals surface area contributed by atoms with Crippen LogP contribution >= 0.6 is 0 Å². The average molecular weight is 220 g/mol. The van der Waals surface area contributed by atoms with Crippen LogP contribution in [0.25, 0.3) is 0 Å². The molecule has 1 aliphatic heterocycles. The predicted octanol–water partition coefficient (Wildman–Crippen LogP) is 1.99. The first-order chi connectivity index (χ1) is 7.79. The lowest BCUT2D eigenvalue weighted by atomic mass is 10.0. The van der Waals surface area contributed by atoms with Crippen molar-refractivity contribution < 1.29 is 5.11 Å². The zero-order valence-corrected chi connectivity index (χ0v) is 9.84. The van der Waals surface area contributed by atoms with Gasteiger partial charge in [-0.3, -0.25) is 9.88 Å². The molecule has 0 saturated carbocycles. The molecule has 16 heavy (non-hydrogen) atoms. The summed E-state index contributed by atoms with van der Waals surface area (Å²) in [7, 11) is 0. The van der Waals surface area contributed by atoms with E-state index >= 15 is 0 Å². The number of aromatic nitrogens is 1. The number of hydrogen-bond acceptors (Lipinski definition) is 3. The van der Waals surface area contributed by atoms with Crippen LogP contribution in [0.1, 0.15) is 37.9 Å². The van der Waals surface area contributed by atoms with Crippen LogP contribution < -0.4 is 0 Å². The number of aliphatic hydroxyl groups is 1. The van der Waals surface area contributed by atoms with E-state index in [4.69, 9.17) is 0 Å². The summed E-state index contributed by atoms with van der Waals surface area (Å²) in [5, 5.41) is 10.3. The van der Waals surface area contributed by atoms with Crippen molar-refractivity contribution in [3.63, 3.8) is 0 Å². The summed E-state index contributed by atoms with van der Waals surface area (Å²) in [5.74, 6) is 0. The second-order valence-corrected chi connectivity index (χ2v) is 4.56. The molecule has 1 saturated heterocycles. The topological polar surface area (TPSA) is 36.4 Å². The zero-order valence-electron chi connectivity index (χ0n) is 9.84. The van der Waals surface area contributed by atoms with Gasteiger partial charge in [-0.15, -0.1) is 0 Å². The molecule has 2 rings (SSSR count). The first-order valence-electron chi connectivity index (χ1n) is 6.11. The van der Waals surface area contributed by atoms with Crippen LogP contribution in [0.2, 0.25) is 0 Å². The number of rotatable bonds is 3. The molecule has 0 aliphatic carbocycles. The number of piperidine rings is 1. The van der Waals surface area contributed by atoms with E-state index in [0.29, 0.717) is 0 Å². The molecule has 1 aromatic heterocycles. The van der Waals surface area contributed by atoms with Gasteiger partial charge in [0.15, 0.2) is 0 Å². The SMILES string of the molecule is C[C@@H]([C@@H](O)c1ccncc1)N1CCCCC1. The van der Waals surface area contributed by atoms with Crippen LogP contribution in [0.5, 0.6) is 0 Å². The molecule has 1 fully saturated rings. The largest absolute Gasteiger partial charge is 0.387 e. The quantitative estimate of drug-likeness (QED) is 0.846. The third-order valence-corrected chi connectivity index (χ3v) is 3.47. The summed E-state index contributed by atoms with van der Waals surface area (Å²) in [6.45, 7) is 4.34. The highest BCUT2D eigenvalue weighted by Crippen LogP contribution is 2.22. The molecule has 3 nitrogen and oxygen atoms in total. The van der Waals surface area contributed by atoms with Gasteiger partial charge in [-0.05, 0) is 50.6 Å². The maximum absolute atomic E-state index is 10.3. The number of likely N-dealkylation sites (tertiary alicyclic amines) is 1. The van der Waals surface area contributed by atoms with E-state index in [-0.39, 0.29) is 6.04 Å². The molecule has 0 unspecified atom stereocenters. The summed E-state index contributed by atoms with van der Waals surface area (Å²) in [5.41, 5.74) is 0.966. The first-order valence-corrected chi connectivity index (χ1v) is 6.11. The fourth-order valence-electron chi connectivity index (χ4n) is 2.36. The summed E-state index contributed by atoms with van der Waals surface area (Å²) in [6.07, 6.45) is 6.92. The maximum atomic E-state index is 10.3. The van der Waals surface area contributed by atoms with Gasteiger partial charge in [0.05, 0.1) is 6.10 Å². The molecular weight excluding hydrogens is 200 g/mol. The molecule has 0 spiro atoms. The minimum atomic E-state index is -0.402. The van der Waals surface area contributed by atoms with Gasteiger partial charge in [0, 0.05) is 18.4 Å². The second-order valence-electron chi connectivity index (χ2n) is 4.56. The number of nitrogens with zero attached hydrogens (tertiary/aromatic N) is 2. The van der Waals surface area contributed by atoms with E-state index < -0.39 is 6.10 Å². The summed E-state index contributed by atoms with van der Waals surface area (Å²) in [6, 6.07) is 3.98. The average Bonchev–Trinajstić information content (AvgIpc) is 2.39. The Morgan fingerprint density at radius 2 is 1.81 bits per heavy atom. The molecule has 0 aromatic carbocycles. The summed E-state index contributed by atoms with van der Waals surface area (Å²) in [4.78, 5) is 6.36. The van der Waals surface area contributed by atoms with Gasteiger partial charge in [-0.25, -0.2) is 0 Å². The molecule has 1 N–H and O–H groups in total. The van der Waals surface area contributed by atoms with E-state index in [1.807, 2.05) is 12.1 Å². The van der Waals surface area contributed by atoms with Crippen LogP contribution in [-0.2, 0) is 0 Å². The van der Waals surface area contributed by atoms with Crippen LogP contribution in [0.3, 0.4) is 0 Å². The minimum Gasteiger partial charge on any atom is -0.387 e. The Morgan fingerprint density at radius 3 is 2.44 bits per heavy atom. The Kier molecular flexibility index (Phi) is 3.91. The lowest BCUT2D eigenvalue weighted by Gasteiger charge is -2.35. The first kappa shape index (κ1) is 11.6. The lowest BCUT2D eigenvalue weighted by Crippen LogP contribution is -2.40.